The maximum absolute atomic E-state index is 11.8. The van der Waals surface area contributed by atoms with Crippen molar-refractivity contribution in [2.75, 3.05) is 27.2 Å². The van der Waals surface area contributed by atoms with Crippen molar-refractivity contribution in [3.8, 4) is 0 Å². The number of nitrogens with zero attached hydrogens (tertiary/aromatic N) is 1. The fourth-order valence-corrected chi connectivity index (χ4v) is 4.06. The molecule has 5 nitrogen and oxygen atoms in total. The summed E-state index contributed by atoms with van der Waals surface area (Å²) in [5, 5.41) is 10.8. The van der Waals surface area contributed by atoms with Gasteiger partial charge in [-0.1, -0.05) is 97.3 Å². The number of unbranched alkanes of at least 4 members (excludes halogenated alkanes) is 13. The topological polar surface area (TPSA) is 66.4 Å². The van der Waals surface area contributed by atoms with Crippen LogP contribution in [0.1, 0.15) is 123 Å². The molecule has 0 N–H and O–H groups in total. The van der Waals surface area contributed by atoms with Crippen LogP contribution in [0, 0.1) is 0 Å². The lowest BCUT2D eigenvalue weighted by molar-refractivity contribution is -0.892. The minimum atomic E-state index is -1.03. The number of esters is 1. The van der Waals surface area contributed by atoms with E-state index in [4.69, 9.17) is 4.74 Å². The standard InChI is InChI=1S/C26H51NO4/c1-5-7-8-9-10-11-12-13-14-15-16-17-18-19-20-24(31-26(30)6-2)23-27(3,4)22-21-25(28)29/h24H,5-23H2,1-4H3. The van der Waals surface area contributed by atoms with Crippen molar-refractivity contribution in [3.05, 3.63) is 0 Å². The minimum Gasteiger partial charge on any atom is -0.550 e. The van der Waals surface area contributed by atoms with E-state index in [1.165, 1.54) is 83.5 Å². The van der Waals surface area contributed by atoms with Crippen molar-refractivity contribution in [1.29, 1.82) is 0 Å². The van der Waals surface area contributed by atoms with Crippen LogP contribution in [0.5, 0.6) is 0 Å². The van der Waals surface area contributed by atoms with E-state index < -0.39 is 5.97 Å². The summed E-state index contributed by atoms with van der Waals surface area (Å²) in [6.07, 6.45) is 19.7. The van der Waals surface area contributed by atoms with Crippen LogP contribution in [0.25, 0.3) is 0 Å². The van der Waals surface area contributed by atoms with Crippen molar-refractivity contribution in [1.82, 2.24) is 0 Å². The average molecular weight is 442 g/mol. The number of aliphatic carboxylic acids is 1. The summed E-state index contributed by atoms with van der Waals surface area (Å²) in [5.41, 5.74) is 0. The molecule has 0 saturated carbocycles. The normalized spacial score (nSPS) is 12.6. The number of ether oxygens (including phenoxy) is 1. The molecule has 0 amide bonds. The van der Waals surface area contributed by atoms with Gasteiger partial charge in [-0.2, -0.15) is 0 Å². The van der Waals surface area contributed by atoms with Gasteiger partial charge in [0.05, 0.1) is 20.6 Å². The first kappa shape index (κ1) is 29.9. The summed E-state index contributed by atoms with van der Waals surface area (Å²) in [4.78, 5) is 22.6. The number of carboxylic acids is 1. The zero-order valence-electron chi connectivity index (χ0n) is 21.1. The lowest BCUT2D eigenvalue weighted by atomic mass is 10.0. The highest BCUT2D eigenvalue weighted by Crippen LogP contribution is 2.16. The van der Waals surface area contributed by atoms with Gasteiger partial charge >= 0.3 is 5.97 Å². The summed E-state index contributed by atoms with van der Waals surface area (Å²) in [6.45, 7) is 5.21. The predicted octanol–water partition coefficient (Wildman–Crippen LogP) is 5.40. The van der Waals surface area contributed by atoms with Crippen molar-refractivity contribution in [2.24, 2.45) is 0 Å². The van der Waals surface area contributed by atoms with Gasteiger partial charge < -0.3 is 19.1 Å². The molecule has 0 aromatic rings. The van der Waals surface area contributed by atoms with Gasteiger partial charge in [0, 0.05) is 18.8 Å². The second-order valence-corrected chi connectivity index (χ2v) is 9.81. The van der Waals surface area contributed by atoms with Crippen LogP contribution < -0.4 is 5.11 Å². The van der Waals surface area contributed by atoms with Gasteiger partial charge in [0.2, 0.25) is 0 Å². The maximum Gasteiger partial charge on any atom is 0.305 e. The molecule has 184 valence electrons. The van der Waals surface area contributed by atoms with Crippen molar-refractivity contribution < 1.29 is 23.9 Å². The van der Waals surface area contributed by atoms with Crippen molar-refractivity contribution in [3.63, 3.8) is 0 Å². The second kappa shape index (κ2) is 19.6. The van der Waals surface area contributed by atoms with Crippen LogP contribution in [0.2, 0.25) is 0 Å². The Balaban J connectivity index is 3.87. The highest BCUT2D eigenvalue weighted by atomic mass is 16.5. The second-order valence-electron chi connectivity index (χ2n) is 9.81. The molecule has 31 heavy (non-hydrogen) atoms. The number of rotatable bonds is 22. The number of hydrogen-bond donors (Lipinski definition) is 0. The first-order valence-electron chi connectivity index (χ1n) is 13.0. The van der Waals surface area contributed by atoms with Gasteiger partial charge in [-0.25, -0.2) is 0 Å². The van der Waals surface area contributed by atoms with E-state index in [2.05, 4.69) is 6.92 Å². The highest BCUT2D eigenvalue weighted by molar-refractivity contribution is 5.69. The van der Waals surface area contributed by atoms with Gasteiger partial charge in [-0.05, 0) is 12.8 Å². The Morgan fingerprint density at radius 3 is 1.65 bits per heavy atom. The van der Waals surface area contributed by atoms with Crippen LogP contribution >= 0.6 is 0 Å². The fourth-order valence-electron chi connectivity index (χ4n) is 4.06. The zero-order valence-corrected chi connectivity index (χ0v) is 21.1. The number of carbonyl (C=O) groups is 2. The number of likely N-dealkylation sites (N-methyl/N-ethyl adjacent to an activating group) is 1. The molecule has 0 aromatic heterocycles. The van der Waals surface area contributed by atoms with Gasteiger partial charge in [0.1, 0.15) is 6.54 Å². The molecule has 0 rings (SSSR count). The molecule has 0 bridgehead atoms. The van der Waals surface area contributed by atoms with Gasteiger partial charge in [0.25, 0.3) is 0 Å². The monoisotopic (exact) mass is 441 g/mol. The van der Waals surface area contributed by atoms with E-state index in [-0.39, 0.29) is 18.5 Å². The summed E-state index contributed by atoms with van der Waals surface area (Å²) >= 11 is 0. The van der Waals surface area contributed by atoms with E-state index in [0.717, 1.165) is 12.8 Å². The smallest absolute Gasteiger partial charge is 0.305 e. The number of quaternary nitrogens is 1. The zero-order chi connectivity index (χ0) is 23.4. The summed E-state index contributed by atoms with van der Waals surface area (Å²) in [6, 6.07) is 0. The summed E-state index contributed by atoms with van der Waals surface area (Å²) < 4.78 is 6.16. The molecule has 5 heteroatoms. The van der Waals surface area contributed by atoms with E-state index in [0.29, 0.717) is 24.0 Å². The first-order valence-corrected chi connectivity index (χ1v) is 13.0. The molecule has 0 aliphatic carbocycles. The fraction of sp³-hybridized carbons (Fsp3) is 0.923. The first-order chi connectivity index (χ1) is 14.8. The van der Waals surface area contributed by atoms with Gasteiger partial charge in [-0.15, -0.1) is 0 Å². The molecular weight excluding hydrogens is 390 g/mol. The third-order valence-electron chi connectivity index (χ3n) is 6.09. The number of carbonyl (C=O) groups excluding carboxylic acids is 2. The molecule has 0 aliphatic heterocycles. The Hall–Kier alpha value is -1.10. The van der Waals surface area contributed by atoms with E-state index >= 15 is 0 Å². The Bertz CT molecular complexity index is 451. The van der Waals surface area contributed by atoms with Crippen LogP contribution in [-0.2, 0) is 14.3 Å². The van der Waals surface area contributed by atoms with Crippen molar-refractivity contribution >= 4 is 11.9 Å². The maximum atomic E-state index is 11.8. The Morgan fingerprint density at radius 1 is 0.774 bits per heavy atom. The van der Waals surface area contributed by atoms with E-state index in [9.17, 15) is 14.7 Å². The molecule has 0 radical (unpaired) electrons. The number of carboxylic acid groups (broad SMARTS) is 1. The molecule has 0 spiro atoms. The Morgan fingerprint density at radius 2 is 1.23 bits per heavy atom. The molecule has 1 atom stereocenters. The summed E-state index contributed by atoms with van der Waals surface area (Å²) in [5.74, 6) is -1.20. The predicted molar refractivity (Wildman–Crippen MR) is 127 cm³/mol. The highest BCUT2D eigenvalue weighted by Gasteiger charge is 2.24. The Labute approximate surface area is 192 Å². The third kappa shape index (κ3) is 20.6. The molecule has 0 fully saturated rings. The van der Waals surface area contributed by atoms with Crippen LogP contribution in [0.3, 0.4) is 0 Å². The van der Waals surface area contributed by atoms with Crippen LogP contribution in [0.4, 0.5) is 0 Å². The van der Waals surface area contributed by atoms with Crippen LogP contribution in [0.15, 0.2) is 0 Å². The SMILES string of the molecule is CCCCCCCCCCCCCCCCC(C[N+](C)(C)CCC(=O)[O-])OC(=O)CC. The molecular formula is C26H51NO4. The van der Waals surface area contributed by atoms with Gasteiger partial charge in [0.15, 0.2) is 6.10 Å². The molecule has 0 aliphatic rings. The van der Waals surface area contributed by atoms with Crippen LogP contribution in [-0.4, -0.2) is 49.7 Å². The molecule has 0 aromatic carbocycles. The number of hydrogen-bond acceptors (Lipinski definition) is 4. The lowest BCUT2D eigenvalue weighted by Crippen LogP contribution is -2.48. The molecule has 0 saturated heterocycles. The quantitative estimate of drug-likeness (QED) is 0.128. The lowest BCUT2D eigenvalue weighted by Gasteiger charge is -2.33. The Kier molecular flexibility index (Phi) is 18.9. The van der Waals surface area contributed by atoms with E-state index in [1.54, 1.807) is 0 Å². The molecule has 0 heterocycles. The minimum absolute atomic E-state index is 0.0281. The van der Waals surface area contributed by atoms with Gasteiger partial charge in [-0.3, -0.25) is 4.79 Å². The third-order valence-corrected chi connectivity index (χ3v) is 6.09. The van der Waals surface area contributed by atoms with Crippen molar-refractivity contribution in [2.45, 2.75) is 129 Å². The summed E-state index contributed by atoms with van der Waals surface area (Å²) in [7, 11) is 3.97. The average Bonchev–Trinajstić information content (AvgIpc) is 2.72. The van der Waals surface area contributed by atoms with E-state index in [1.807, 2.05) is 21.0 Å². The molecule has 1 unspecified atom stereocenters. The largest absolute Gasteiger partial charge is 0.550 e.